The number of carbonyl (C=O) groups is 3. The van der Waals surface area contributed by atoms with Crippen LogP contribution in [0.5, 0.6) is 0 Å². The fourth-order valence-corrected chi connectivity index (χ4v) is 8.49. The maximum atomic E-state index is 12.0. The highest BCUT2D eigenvalue weighted by molar-refractivity contribution is 6.60. The van der Waals surface area contributed by atoms with E-state index in [1.807, 2.05) is 0 Å². The zero-order valence-corrected chi connectivity index (χ0v) is 35.6. The van der Waals surface area contributed by atoms with Gasteiger partial charge in [0.2, 0.25) is 0 Å². The SMILES string of the molecule is CCCCCCCCCCCCCCCCCC[N+](C)(C)CCC[Si](OCC(C)(CO)C(=O)O)(OCC(C)(CO)C(=O)O)OCC(C)(CO)C(=O)O.[Cl-]. The molecule has 0 spiro atoms. The molecule has 0 bridgehead atoms. The van der Waals surface area contributed by atoms with Crippen molar-refractivity contribution in [3.63, 3.8) is 0 Å². The lowest BCUT2D eigenvalue weighted by Gasteiger charge is -2.37. The molecule has 0 aromatic carbocycles. The molecular weight excluding hydrogens is 726 g/mol. The van der Waals surface area contributed by atoms with Crippen molar-refractivity contribution < 1.29 is 75.2 Å². The van der Waals surface area contributed by atoms with Crippen molar-refractivity contribution in [3.8, 4) is 0 Å². The zero-order chi connectivity index (χ0) is 39.7. The molecule has 53 heavy (non-hydrogen) atoms. The predicted molar refractivity (Wildman–Crippen MR) is 203 cm³/mol. The second-order valence-electron chi connectivity index (χ2n) is 16.4. The summed E-state index contributed by atoms with van der Waals surface area (Å²) in [6.45, 7) is 3.63. The van der Waals surface area contributed by atoms with Crippen LogP contribution in [-0.4, -0.2) is 129 Å². The van der Waals surface area contributed by atoms with Crippen LogP contribution in [0.1, 0.15) is 137 Å². The molecule has 0 radical (unpaired) electrons. The highest BCUT2D eigenvalue weighted by atomic mass is 35.5. The van der Waals surface area contributed by atoms with E-state index >= 15 is 0 Å². The first kappa shape index (κ1) is 53.7. The van der Waals surface area contributed by atoms with Crippen LogP contribution < -0.4 is 12.4 Å². The number of carboxylic acids is 3. The van der Waals surface area contributed by atoms with Crippen LogP contribution in [0, 0.1) is 16.2 Å². The van der Waals surface area contributed by atoms with E-state index in [4.69, 9.17) is 13.3 Å². The Labute approximate surface area is 327 Å². The van der Waals surface area contributed by atoms with Crippen LogP contribution in [0.15, 0.2) is 0 Å². The summed E-state index contributed by atoms with van der Waals surface area (Å²) >= 11 is 0. The number of aliphatic hydroxyl groups excluding tert-OH is 3. The van der Waals surface area contributed by atoms with Crippen LogP contribution in [-0.2, 0) is 27.7 Å². The Balaban J connectivity index is 0. The van der Waals surface area contributed by atoms with Crippen molar-refractivity contribution in [3.05, 3.63) is 0 Å². The van der Waals surface area contributed by atoms with Crippen molar-refractivity contribution in [2.75, 3.05) is 66.8 Å². The minimum absolute atomic E-state index is 0. The van der Waals surface area contributed by atoms with Crippen molar-refractivity contribution in [2.24, 2.45) is 16.2 Å². The number of nitrogens with zero attached hydrogens (tertiary/aromatic N) is 1. The molecule has 13 nitrogen and oxygen atoms in total. The molecule has 0 aliphatic rings. The lowest BCUT2D eigenvalue weighted by atomic mass is 9.94. The smallest absolute Gasteiger partial charge is 0.501 e. The number of aliphatic carboxylic acids is 3. The number of hydrogen-bond donors (Lipinski definition) is 6. The van der Waals surface area contributed by atoms with E-state index in [1.54, 1.807) is 0 Å². The summed E-state index contributed by atoms with van der Waals surface area (Å²) < 4.78 is 18.9. The van der Waals surface area contributed by atoms with Crippen molar-refractivity contribution >= 4 is 26.7 Å². The molecule has 316 valence electrons. The van der Waals surface area contributed by atoms with Gasteiger partial charge < -0.3 is 60.8 Å². The fourth-order valence-electron chi connectivity index (χ4n) is 5.60. The van der Waals surface area contributed by atoms with E-state index in [0.717, 1.165) is 19.4 Å². The number of aliphatic hydroxyl groups is 3. The van der Waals surface area contributed by atoms with E-state index < -0.39 is 82.6 Å². The summed E-state index contributed by atoms with van der Waals surface area (Å²) in [5, 5.41) is 58.9. The molecule has 0 heterocycles. The Hall–Kier alpha value is -1.36. The molecule has 0 aromatic rings. The Kier molecular flexibility index (Phi) is 28.5. The first-order valence-corrected chi connectivity index (χ1v) is 21.6. The topological polar surface area (TPSA) is 200 Å². The van der Waals surface area contributed by atoms with Gasteiger partial charge in [-0.2, -0.15) is 0 Å². The molecule has 0 amide bonds. The average molecular weight is 803 g/mol. The summed E-state index contributed by atoms with van der Waals surface area (Å²) in [6, 6.07) is 0.0804. The fraction of sp³-hybridized carbons (Fsp3) is 0.921. The van der Waals surface area contributed by atoms with E-state index in [0.29, 0.717) is 17.4 Å². The third kappa shape index (κ3) is 22.1. The number of quaternary nitrogens is 1. The lowest BCUT2D eigenvalue weighted by Crippen LogP contribution is -3.00. The van der Waals surface area contributed by atoms with Gasteiger partial charge in [0.15, 0.2) is 0 Å². The summed E-state index contributed by atoms with van der Waals surface area (Å²) in [6.07, 6.45) is 21.2. The molecule has 0 aliphatic heterocycles. The second-order valence-corrected chi connectivity index (χ2v) is 19.1. The van der Waals surface area contributed by atoms with Crippen LogP contribution >= 0.6 is 0 Å². The van der Waals surface area contributed by atoms with Crippen LogP contribution in [0.25, 0.3) is 0 Å². The van der Waals surface area contributed by atoms with Crippen LogP contribution in [0.4, 0.5) is 0 Å². The van der Waals surface area contributed by atoms with E-state index in [1.165, 1.54) is 111 Å². The predicted octanol–water partition coefficient (Wildman–Crippen LogP) is 2.96. The molecular formula is C38H76ClNO12Si. The second kappa shape index (κ2) is 28.1. The van der Waals surface area contributed by atoms with Crippen molar-refractivity contribution in [1.29, 1.82) is 0 Å². The third-order valence-electron chi connectivity index (χ3n) is 10.3. The molecule has 3 atom stereocenters. The summed E-state index contributed by atoms with van der Waals surface area (Å²) in [4.78, 5) is 35.9. The normalized spacial score (nSPS) is 16.5. The summed E-state index contributed by atoms with van der Waals surface area (Å²) in [5.74, 6) is -4.03. The van der Waals surface area contributed by atoms with Crippen LogP contribution in [0.2, 0.25) is 6.04 Å². The van der Waals surface area contributed by atoms with Gasteiger partial charge in [-0.15, -0.1) is 0 Å². The molecule has 3 unspecified atom stereocenters. The number of rotatable bonds is 36. The number of halogens is 1. The van der Waals surface area contributed by atoms with Gasteiger partial charge in [0.1, 0.15) is 16.2 Å². The van der Waals surface area contributed by atoms with Crippen molar-refractivity contribution in [2.45, 2.75) is 143 Å². The van der Waals surface area contributed by atoms with Crippen LogP contribution in [0.3, 0.4) is 0 Å². The largest absolute Gasteiger partial charge is 1.00 e. The van der Waals surface area contributed by atoms with Gasteiger partial charge in [-0.25, -0.2) is 0 Å². The molecule has 0 rings (SSSR count). The Morgan fingerprint density at radius 3 is 1.04 bits per heavy atom. The molecule has 6 N–H and O–H groups in total. The average Bonchev–Trinajstić information content (AvgIpc) is 3.10. The maximum absolute atomic E-state index is 12.0. The highest BCUT2D eigenvalue weighted by Gasteiger charge is 2.49. The standard InChI is InChI=1S/C38H75NO12Si.ClH/c1-7-8-9-10-11-12-13-14-15-16-17-18-19-20-21-22-24-39(5,6)25-23-26-52(49-30-36(2,27-40)33(43)44,50-31-37(3,28-41)34(45)46)51-32-38(4,29-42)35(47)48;/h40-42H,7-32H2,1-6H3,(H2-,43,44,45,46,47,48);1H. The van der Waals surface area contributed by atoms with Crippen molar-refractivity contribution in [1.82, 2.24) is 0 Å². The van der Waals surface area contributed by atoms with E-state index in [9.17, 15) is 45.0 Å². The lowest BCUT2D eigenvalue weighted by molar-refractivity contribution is -0.890. The summed E-state index contributed by atoms with van der Waals surface area (Å²) in [5.41, 5.74) is -5.27. The monoisotopic (exact) mass is 801 g/mol. The number of hydrogen-bond acceptors (Lipinski definition) is 9. The third-order valence-corrected chi connectivity index (χ3v) is 13.0. The van der Waals surface area contributed by atoms with Gasteiger partial charge in [0, 0.05) is 12.5 Å². The van der Waals surface area contributed by atoms with Gasteiger partial charge in [-0.3, -0.25) is 14.4 Å². The Morgan fingerprint density at radius 1 is 0.509 bits per heavy atom. The van der Waals surface area contributed by atoms with Gasteiger partial charge in [-0.05, 0) is 33.6 Å². The van der Waals surface area contributed by atoms with Gasteiger partial charge in [-0.1, -0.05) is 96.8 Å². The quantitative estimate of drug-likeness (QED) is 0.0308. The molecule has 0 saturated carbocycles. The first-order valence-electron chi connectivity index (χ1n) is 19.7. The molecule has 0 aromatic heterocycles. The highest BCUT2D eigenvalue weighted by Crippen LogP contribution is 2.30. The summed E-state index contributed by atoms with van der Waals surface area (Å²) in [7, 11) is 0.0831. The van der Waals surface area contributed by atoms with E-state index in [2.05, 4.69) is 21.0 Å². The Bertz CT molecular complexity index is 929. The zero-order valence-electron chi connectivity index (χ0n) is 33.8. The molecule has 0 aliphatic carbocycles. The van der Waals surface area contributed by atoms with Gasteiger partial charge >= 0.3 is 26.7 Å². The minimum atomic E-state index is -4.12. The number of carboxylic acid groups (broad SMARTS) is 3. The maximum Gasteiger partial charge on any atom is 0.501 e. The molecule has 0 fully saturated rings. The first-order chi connectivity index (χ1) is 24.4. The number of unbranched alkanes of at least 4 members (excludes halogenated alkanes) is 15. The van der Waals surface area contributed by atoms with E-state index in [-0.39, 0.29) is 18.5 Å². The van der Waals surface area contributed by atoms with Gasteiger partial charge in [0.05, 0.1) is 66.8 Å². The minimum Gasteiger partial charge on any atom is -1.00 e. The van der Waals surface area contributed by atoms with Gasteiger partial charge in [0.25, 0.3) is 0 Å². The molecule has 15 heteroatoms. The molecule has 0 saturated heterocycles. The Morgan fingerprint density at radius 2 is 0.774 bits per heavy atom.